The first-order chi connectivity index (χ1) is 18.6. The molecule has 1 aromatic carbocycles. The monoisotopic (exact) mass is 530 g/mol. The zero-order valence-corrected chi connectivity index (χ0v) is 22.8. The van der Waals surface area contributed by atoms with Crippen LogP contribution in [0.15, 0.2) is 59.5 Å². The summed E-state index contributed by atoms with van der Waals surface area (Å²) >= 11 is 0. The fourth-order valence-electron chi connectivity index (χ4n) is 3.86. The second-order valence-corrected chi connectivity index (χ2v) is 9.45. The zero-order valence-electron chi connectivity index (χ0n) is 22.8. The van der Waals surface area contributed by atoms with Gasteiger partial charge in [0.05, 0.1) is 12.4 Å². The number of nitrogens with one attached hydrogen (secondary N) is 1. The molecule has 0 radical (unpaired) electrons. The Balaban J connectivity index is 0.000000542. The highest BCUT2D eigenvalue weighted by atomic mass is 16.5. The molecule has 1 atom stereocenters. The number of hydrogen-bond acceptors (Lipinski definition) is 9. The van der Waals surface area contributed by atoms with Crippen molar-refractivity contribution in [2.75, 3.05) is 36.8 Å². The smallest absolute Gasteiger partial charge is 0.278 e. The average molecular weight is 531 g/mol. The molecule has 6 rings (SSSR count). The normalized spacial score (nSPS) is 15.1. The third-order valence-electron chi connectivity index (χ3n) is 6.52. The van der Waals surface area contributed by atoms with Crippen LogP contribution in [0.3, 0.4) is 0 Å². The summed E-state index contributed by atoms with van der Waals surface area (Å²) in [5.41, 5.74) is 9.42. The maximum Gasteiger partial charge on any atom is 0.278 e. The van der Waals surface area contributed by atoms with E-state index in [-0.39, 0.29) is 13.3 Å². The van der Waals surface area contributed by atoms with Gasteiger partial charge in [0.1, 0.15) is 17.3 Å². The summed E-state index contributed by atoms with van der Waals surface area (Å²) < 4.78 is 5.48. The molecule has 1 saturated carbocycles. The highest BCUT2D eigenvalue weighted by Crippen LogP contribution is 2.28. The van der Waals surface area contributed by atoms with Crippen molar-refractivity contribution in [1.29, 1.82) is 0 Å². The molecule has 4 heterocycles. The molecule has 1 saturated heterocycles. The molecule has 3 aromatic heterocycles. The fourth-order valence-corrected chi connectivity index (χ4v) is 3.86. The summed E-state index contributed by atoms with van der Waals surface area (Å²) in [7, 11) is 0. The van der Waals surface area contributed by atoms with Crippen molar-refractivity contribution in [1.82, 2.24) is 30.4 Å². The number of piperazine rings is 1. The fraction of sp³-hybridized carbons (Fsp3) is 0.433. The van der Waals surface area contributed by atoms with E-state index in [1.54, 1.807) is 24.7 Å². The van der Waals surface area contributed by atoms with E-state index >= 15 is 0 Å². The second kappa shape index (κ2) is 14.3. The van der Waals surface area contributed by atoms with Gasteiger partial charge in [0.25, 0.3) is 5.89 Å². The van der Waals surface area contributed by atoms with Crippen LogP contribution in [0.1, 0.15) is 65.3 Å². The van der Waals surface area contributed by atoms with E-state index in [1.165, 1.54) is 12.8 Å². The molecule has 0 spiro atoms. The van der Waals surface area contributed by atoms with Crippen molar-refractivity contribution < 1.29 is 4.52 Å². The number of pyridine rings is 1. The van der Waals surface area contributed by atoms with E-state index in [1.807, 2.05) is 26.8 Å². The molecular formula is C30H42N8O. The predicted octanol–water partition coefficient (Wildman–Crippen LogP) is 5.81. The Kier molecular flexibility index (Phi) is 10.9. The van der Waals surface area contributed by atoms with Gasteiger partial charge in [-0.3, -0.25) is 0 Å². The minimum Gasteiger partial charge on any atom is -0.384 e. The van der Waals surface area contributed by atoms with Crippen molar-refractivity contribution >= 4 is 11.6 Å². The molecule has 39 heavy (non-hydrogen) atoms. The molecule has 9 heteroatoms. The highest BCUT2D eigenvalue weighted by molar-refractivity contribution is 5.64. The number of nitrogens with two attached hydrogens (primary N) is 1. The van der Waals surface area contributed by atoms with Crippen LogP contribution in [-0.2, 0) is 0 Å². The third-order valence-corrected chi connectivity index (χ3v) is 6.52. The van der Waals surface area contributed by atoms with Gasteiger partial charge in [0, 0.05) is 43.9 Å². The average Bonchev–Trinajstić information content (AvgIpc) is 3.61. The van der Waals surface area contributed by atoms with Gasteiger partial charge in [-0.15, -0.1) is 0 Å². The summed E-state index contributed by atoms with van der Waals surface area (Å²) in [4.78, 5) is 19.9. The van der Waals surface area contributed by atoms with Gasteiger partial charge in [-0.2, -0.15) is 4.98 Å². The van der Waals surface area contributed by atoms with Gasteiger partial charge in [-0.25, -0.2) is 15.0 Å². The van der Waals surface area contributed by atoms with Crippen molar-refractivity contribution in [2.45, 2.75) is 53.9 Å². The van der Waals surface area contributed by atoms with Gasteiger partial charge in [0.15, 0.2) is 5.82 Å². The minimum absolute atomic E-state index is 0. The first-order valence-corrected chi connectivity index (χ1v) is 13.5. The van der Waals surface area contributed by atoms with E-state index in [9.17, 15) is 0 Å². The van der Waals surface area contributed by atoms with E-state index in [4.69, 9.17) is 10.3 Å². The first kappa shape index (κ1) is 29.7. The third kappa shape index (κ3) is 8.07. The van der Waals surface area contributed by atoms with Crippen molar-refractivity contribution in [3.05, 3.63) is 66.4 Å². The summed E-state index contributed by atoms with van der Waals surface area (Å²) in [5, 5.41) is 7.51. The largest absolute Gasteiger partial charge is 0.384 e. The molecule has 0 bridgehead atoms. The molecular weight excluding hydrogens is 488 g/mol. The van der Waals surface area contributed by atoms with Gasteiger partial charge in [-0.05, 0) is 29.2 Å². The van der Waals surface area contributed by atoms with Gasteiger partial charge in [0.2, 0.25) is 0 Å². The van der Waals surface area contributed by atoms with E-state index in [0.717, 1.165) is 54.6 Å². The number of nitrogens with zero attached hydrogens (tertiary/aromatic N) is 6. The Morgan fingerprint density at radius 2 is 1.59 bits per heavy atom. The Bertz CT molecular complexity index is 1250. The molecule has 1 unspecified atom stereocenters. The number of nitrogen functional groups attached to an aromatic ring is 1. The molecule has 0 amide bonds. The maximum atomic E-state index is 5.67. The Hall–Kier alpha value is -3.85. The van der Waals surface area contributed by atoms with Crippen LogP contribution < -0.4 is 16.0 Å². The number of hydrogen-bond donors (Lipinski definition) is 2. The second-order valence-electron chi connectivity index (χ2n) is 9.45. The number of anilines is 2. The highest BCUT2D eigenvalue weighted by Gasteiger charge is 2.19. The molecule has 1 aliphatic heterocycles. The quantitative estimate of drug-likeness (QED) is 0.329. The predicted molar refractivity (Wildman–Crippen MR) is 158 cm³/mol. The van der Waals surface area contributed by atoms with Gasteiger partial charge >= 0.3 is 0 Å². The number of rotatable bonds is 5. The Morgan fingerprint density at radius 1 is 0.923 bits per heavy atom. The Morgan fingerprint density at radius 3 is 2.15 bits per heavy atom. The van der Waals surface area contributed by atoms with Crippen molar-refractivity contribution in [2.24, 2.45) is 5.92 Å². The topological polar surface area (TPSA) is 119 Å². The van der Waals surface area contributed by atoms with Crippen LogP contribution in [0.5, 0.6) is 0 Å². The summed E-state index contributed by atoms with van der Waals surface area (Å²) in [5.74, 6) is 3.40. The lowest BCUT2D eigenvalue weighted by Crippen LogP contribution is -2.43. The molecule has 4 aromatic rings. The summed E-state index contributed by atoms with van der Waals surface area (Å²) in [6.45, 7) is 12.1. The minimum atomic E-state index is -0.0285. The van der Waals surface area contributed by atoms with Crippen molar-refractivity contribution in [3.63, 3.8) is 0 Å². The van der Waals surface area contributed by atoms with Crippen molar-refractivity contribution in [3.8, 4) is 22.7 Å². The molecule has 2 aliphatic rings. The molecule has 3 N–H and O–H groups in total. The standard InChI is InChI=1S/C23H24N8O.C4H8.C2H6.CH4/c1-15(16-2-4-17(5-3-16)18-6-7-20(24)27-12-18)22-29-23(32-30-22)19-13-28-21(14-26-19)31-10-8-25-9-11-31;1-4-2-3-4;1-2;/h2-7,12-15,25H,8-11H2,1H3,(H2,24,27);4H,2-3H2,1H3;1-2H3;1H4. The van der Waals surface area contributed by atoms with Crippen LogP contribution >= 0.6 is 0 Å². The van der Waals surface area contributed by atoms with Gasteiger partial charge < -0.3 is 20.5 Å². The molecule has 1 aliphatic carbocycles. The number of benzene rings is 1. The zero-order chi connectivity index (χ0) is 26.9. The van der Waals surface area contributed by atoms with Crippen LogP contribution in [-0.4, -0.2) is 51.3 Å². The van der Waals surface area contributed by atoms with Crippen LogP contribution in [0.25, 0.3) is 22.7 Å². The lowest BCUT2D eigenvalue weighted by molar-refractivity contribution is 0.419. The molecule has 2 fully saturated rings. The van der Waals surface area contributed by atoms with Gasteiger partial charge in [-0.1, -0.05) is 77.4 Å². The lowest BCUT2D eigenvalue weighted by Gasteiger charge is -2.27. The first-order valence-electron chi connectivity index (χ1n) is 13.5. The molecule has 9 nitrogen and oxygen atoms in total. The molecule has 208 valence electrons. The SMILES string of the molecule is C.CC.CC(c1ccc(-c2ccc(N)nc2)cc1)c1noc(-c2cnc(N3CCNCC3)cn2)n1.CC1CC1. The van der Waals surface area contributed by atoms with Crippen LogP contribution in [0.2, 0.25) is 0 Å². The maximum absolute atomic E-state index is 5.67. The number of aromatic nitrogens is 5. The van der Waals surface area contributed by atoms with E-state index < -0.39 is 0 Å². The Labute approximate surface area is 232 Å². The summed E-state index contributed by atoms with van der Waals surface area (Å²) in [6.07, 6.45) is 8.20. The van der Waals surface area contributed by atoms with E-state index in [2.05, 4.69) is 66.5 Å². The van der Waals surface area contributed by atoms with E-state index in [0.29, 0.717) is 23.2 Å². The van der Waals surface area contributed by atoms with Crippen LogP contribution in [0, 0.1) is 5.92 Å². The summed E-state index contributed by atoms with van der Waals surface area (Å²) in [6, 6.07) is 12.0. The van der Waals surface area contributed by atoms with Crippen LogP contribution in [0.4, 0.5) is 11.6 Å². The lowest BCUT2D eigenvalue weighted by atomic mass is 9.97.